The Morgan fingerprint density at radius 3 is 2.30 bits per heavy atom. The highest BCUT2D eigenvalue weighted by Gasteiger charge is 2.30. The van der Waals surface area contributed by atoms with Crippen molar-refractivity contribution in [2.75, 3.05) is 0 Å². The molecule has 0 unspecified atom stereocenters. The lowest BCUT2D eigenvalue weighted by atomic mass is 10.1. The first-order chi connectivity index (χ1) is 9.47. The minimum Gasteiger partial charge on any atom is -0.316 e. The van der Waals surface area contributed by atoms with E-state index in [0.29, 0.717) is 0 Å². The van der Waals surface area contributed by atoms with Gasteiger partial charge in [-0.25, -0.2) is 0 Å². The molecule has 0 bridgehead atoms. The van der Waals surface area contributed by atoms with Crippen molar-refractivity contribution in [3.05, 3.63) is 65.9 Å². The molecule has 0 saturated carbocycles. The predicted octanol–water partition coefficient (Wildman–Crippen LogP) is 4.93. The molecule has 3 rings (SSSR count). The molecule has 0 aliphatic heterocycles. The Morgan fingerprint density at radius 2 is 1.65 bits per heavy atom. The van der Waals surface area contributed by atoms with E-state index in [1.54, 1.807) is 0 Å². The molecule has 0 radical (unpaired) electrons. The van der Waals surface area contributed by atoms with Crippen LogP contribution in [0.5, 0.6) is 0 Å². The van der Waals surface area contributed by atoms with Crippen molar-refractivity contribution in [3.8, 4) is 11.3 Å². The quantitative estimate of drug-likeness (QED) is 0.593. The zero-order chi connectivity index (χ0) is 14.3. The molecule has 4 heteroatoms. The Balaban J connectivity index is 2.14. The van der Waals surface area contributed by atoms with Crippen molar-refractivity contribution in [3.63, 3.8) is 0 Å². The van der Waals surface area contributed by atoms with Gasteiger partial charge < -0.3 is 4.40 Å². The SMILES string of the molecule is Cc1cc2ccccn2c1-c1ccc(C(F)(F)F)cc1. The van der Waals surface area contributed by atoms with Crippen molar-refractivity contribution in [1.82, 2.24) is 4.40 Å². The van der Waals surface area contributed by atoms with Gasteiger partial charge in [-0.3, -0.25) is 0 Å². The Bertz CT molecular complexity index is 751. The minimum atomic E-state index is -4.30. The van der Waals surface area contributed by atoms with Crippen molar-refractivity contribution in [2.45, 2.75) is 13.1 Å². The fraction of sp³-hybridized carbons (Fsp3) is 0.125. The third kappa shape index (κ3) is 2.07. The molecule has 2 aromatic heterocycles. The monoisotopic (exact) mass is 275 g/mol. The normalized spacial score (nSPS) is 12.0. The molecule has 0 saturated heterocycles. The molecule has 102 valence electrons. The first-order valence-electron chi connectivity index (χ1n) is 6.21. The largest absolute Gasteiger partial charge is 0.416 e. The molecule has 1 nitrogen and oxygen atoms in total. The maximum atomic E-state index is 12.6. The van der Waals surface area contributed by atoms with Gasteiger partial charge in [0.05, 0.1) is 11.3 Å². The summed E-state index contributed by atoms with van der Waals surface area (Å²) in [6.45, 7) is 1.96. The second-order valence-corrected chi connectivity index (χ2v) is 4.75. The Morgan fingerprint density at radius 1 is 0.950 bits per heavy atom. The molecular weight excluding hydrogens is 263 g/mol. The first-order valence-corrected chi connectivity index (χ1v) is 6.21. The van der Waals surface area contributed by atoms with Gasteiger partial charge in [-0.05, 0) is 48.4 Å². The summed E-state index contributed by atoms with van der Waals surface area (Å²) in [6.07, 6.45) is -2.38. The number of alkyl halides is 3. The fourth-order valence-electron chi connectivity index (χ4n) is 2.44. The van der Waals surface area contributed by atoms with E-state index in [4.69, 9.17) is 0 Å². The lowest BCUT2D eigenvalue weighted by molar-refractivity contribution is -0.137. The van der Waals surface area contributed by atoms with Crippen LogP contribution in [0.3, 0.4) is 0 Å². The molecule has 1 aromatic carbocycles. The molecule has 0 N–H and O–H groups in total. The number of hydrogen-bond acceptors (Lipinski definition) is 0. The number of aryl methyl sites for hydroxylation is 1. The van der Waals surface area contributed by atoms with E-state index in [2.05, 4.69) is 0 Å². The van der Waals surface area contributed by atoms with Gasteiger partial charge in [0, 0.05) is 11.7 Å². The van der Waals surface area contributed by atoms with Crippen LogP contribution in [-0.2, 0) is 6.18 Å². The van der Waals surface area contributed by atoms with Crippen molar-refractivity contribution in [2.24, 2.45) is 0 Å². The third-order valence-corrected chi connectivity index (χ3v) is 3.36. The highest BCUT2D eigenvalue weighted by atomic mass is 19.4. The van der Waals surface area contributed by atoms with E-state index in [1.807, 2.05) is 41.8 Å². The molecule has 0 amide bonds. The lowest BCUT2D eigenvalue weighted by Gasteiger charge is -2.09. The summed E-state index contributed by atoms with van der Waals surface area (Å²) in [5, 5.41) is 0. The molecule has 0 aliphatic rings. The van der Waals surface area contributed by atoms with Crippen molar-refractivity contribution < 1.29 is 13.2 Å². The van der Waals surface area contributed by atoms with Gasteiger partial charge in [0.25, 0.3) is 0 Å². The van der Waals surface area contributed by atoms with E-state index in [0.717, 1.165) is 34.5 Å². The van der Waals surface area contributed by atoms with Crippen molar-refractivity contribution >= 4 is 5.52 Å². The summed E-state index contributed by atoms with van der Waals surface area (Å²) in [7, 11) is 0. The topological polar surface area (TPSA) is 4.41 Å². The van der Waals surface area contributed by atoms with Crippen LogP contribution in [-0.4, -0.2) is 4.40 Å². The molecule has 2 heterocycles. The number of aromatic nitrogens is 1. The molecule has 20 heavy (non-hydrogen) atoms. The Hall–Kier alpha value is -2.23. The van der Waals surface area contributed by atoms with Gasteiger partial charge in [0.2, 0.25) is 0 Å². The summed E-state index contributed by atoms with van der Waals surface area (Å²) in [5.41, 5.74) is 3.15. The van der Waals surface area contributed by atoms with E-state index in [9.17, 15) is 13.2 Å². The van der Waals surface area contributed by atoms with E-state index in [-0.39, 0.29) is 0 Å². The van der Waals surface area contributed by atoms with Crippen LogP contribution in [0.4, 0.5) is 13.2 Å². The summed E-state index contributed by atoms with van der Waals surface area (Å²) < 4.78 is 39.8. The van der Waals surface area contributed by atoms with Crippen LogP contribution < -0.4 is 0 Å². The maximum absolute atomic E-state index is 12.6. The minimum absolute atomic E-state index is 0.625. The molecule has 0 aliphatic carbocycles. The summed E-state index contributed by atoms with van der Waals surface area (Å²) in [6, 6.07) is 13.1. The number of rotatable bonds is 1. The maximum Gasteiger partial charge on any atom is 0.416 e. The van der Waals surface area contributed by atoms with Gasteiger partial charge in [-0.15, -0.1) is 0 Å². The standard InChI is InChI=1S/C16H12F3N/c1-11-10-14-4-2-3-9-20(14)15(11)12-5-7-13(8-6-12)16(17,18)19/h2-10H,1H3. The lowest BCUT2D eigenvalue weighted by Crippen LogP contribution is -2.04. The smallest absolute Gasteiger partial charge is 0.316 e. The van der Waals surface area contributed by atoms with Crippen LogP contribution in [0.25, 0.3) is 16.8 Å². The van der Waals surface area contributed by atoms with Gasteiger partial charge in [-0.1, -0.05) is 18.2 Å². The van der Waals surface area contributed by atoms with E-state index >= 15 is 0 Å². The number of halogens is 3. The van der Waals surface area contributed by atoms with Crippen LogP contribution in [0.1, 0.15) is 11.1 Å². The van der Waals surface area contributed by atoms with Gasteiger partial charge in [0.1, 0.15) is 0 Å². The van der Waals surface area contributed by atoms with Gasteiger partial charge in [0.15, 0.2) is 0 Å². The van der Waals surface area contributed by atoms with Crippen LogP contribution in [0, 0.1) is 6.92 Å². The summed E-state index contributed by atoms with van der Waals surface area (Å²) in [4.78, 5) is 0. The number of benzene rings is 1. The highest BCUT2D eigenvalue weighted by Crippen LogP contribution is 2.32. The summed E-state index contributed by atoms with van der Waals surface area (Å²) in [5.74, 6) is 0. The molecule has 3 aromatic rings. The van der Waals surface area contributed by atoms with Crippen molar-refractivity contribution in [1.29, 1.82) is 0 Å². The number of hydrogen-bond donors (Lipinski definition) is 0. The van der Waals surface area contributed by atoms with Crippen LogP contribution >= 0.6 is 0 Å². The number of fused-ring (bicyclic) bond motifs is 1. The Kier molecular flexibility index (Phi) is 2.82. The second kappa shape index (κ2) is 4.40. The first kappa shape index (κ1) is 12.8. The van der Waals surface area contributed by atoms with Gasteiger partial charge in [-0.2, -0.15) is 13.2 Å². The molecular formula is C16H12F3N. The molecule has 0 spiro atoms. The average molecular weight is 275 g/mol. The van der Waals surface area contributed by atoms with E-state index < -0.39 is 11.7 Å². The highest BCUT2D eigenvalue weighted by molar-refractivity contribution is 5.71. The predicted molar refractivity (Wildman–Crippen MR) is 72.6 cm³/mol. The zero-order valence-electron chi connectivity index (χ0n) is 10.8. The van der Waals surface area contributed by atoms with E-state index in [1.165, 1.54) is 12.1 Å². The van der Waals surface area contributed by atoms with Crippen LogP contribution in [0.2, 0.25) is 0 Å². The zero-order valence-corrected chi connectivity index (χ0v) is 10.8. The third-order valence-electron chi connectivity index (χ3n) is 3.36. The van der Waals surface area contributed by atoms with Crippen LogP contribution in [0.15, 0.2) is 54.7 Å². The number of pyridine rings is 1. The second-order valence-electron chi connectivity index (χ2n) is 4.75. The van der Waals surface area contributed by atoms with Gasteiger partial charge >= 0.3 is 6.18 Å². The molecule has 0 fully saturated rings. The molecule has 0 atom stereocenters. The average Bonchev–Trinajstić information content (AvgIpc) is 2.73. The fourth-order valence-corrected chi connectivity index (χ4v) is 2.44. The Labute approximate surface area is 114 Å². The number of nitrogens with zero attached hydrogens (tertiary/aromatic N) is 1. The summed E-state index contributed by atoms with van der Waals surface area (Å²) >= 11 is 0.